The first kappa shape index (κ1) is 11.1. The van der Waals surface area contributed by atoms with E-state index in [0.29, 0.717) is 0 Å². The SMILES string of the molecule is OCCCCC#Cc1ccc(Cl)cc1. The average Bonchev–Trinajstić information content (AvgIpc) is 2.21. The van der Waals surface area contributed by atoms with Crippen molar-refractivity contribution in [2.45, 2.75) is 19.3 Å². The van der Waals surface area contributed by atoms with Crippen molar-refractivity contribution in [3.8, 4) is 11.8 Å². The average molecular weight is 209 g/mol. The molecule has 0 amide bonds. The summed E-state index contributed by atoms with van der Waals surface area (Å²) < 4.78 is 0. The summed E-state index contributed by atoms with van der Waals surface area (Å²) in [5.74, 6) is 6.09. The van der Waals surface area contributed by atoms with Crippen molar-refractivity contribution in [3.05, 3.63) is 34.9 Å². The Morgan fingerprint density at radius 3 is 2.50 bits per heavy atom. The zero-order valence-electron chi connectivity index (χ0n) is 7.96. The van der Waals surface area contributed by atoms with E-state index in [1.54, 1.807) is 0 Å². The Morgan fingerprint density at radius 2 is 1.86 bits per heavy atom. The molecule has 0 aromatic heterocycles. The molecule has 0 saturated carbocycles. The van der Waals surface area contributed by atoms with Crippen LogP contribution in [0.2, 0.25) is 5.02 Å². The number of rotatable bonds is 3. The number of hydrogen-bond acceptors (Lipinski definition) is 1. The summed E-state index contributed by atoms with van der Waals surface area (Å²) in [6.45, 7) is 0.253. The molecule has 0 spiro atoms. The van der Waals surface area contributed by atoms with E-state index in [4.69, 9.17) is 16.7 Å². The Bertz CT molecular complexity index is 318. The lowest BCUT2D eigenvalue weighted by Crippen LogP contribution is -1.80. The molecule has 2 heteroatoms. The van der Waals surface area contributed by atoms with Gasteiger partial charge in [-0.3, -0.25) is 0 Å². The van der Waals surface area contributed by atoms with Crippen molar-refractivity contribution in [1.82, 2.24) is 0 Å². The van der Waals surface area contributed by atoms with Crippen LogP contribution in [0.25, 0.3) is 0 Å². The highest BCUT2D eigenvalue weighted by Crippen LogP contribution is 2.08. The van der Waals surface area contributed by atoms with Gasteiger partial charge in [0.25, 0.3) is 0 Å². The minimum absolute atomic E-state index is 0.253. The Hall–Kier alpha value is -0.970. The molecule has 1 nitrogen and oxygen atoms in total. The van der Waals surface area contributed by atoms with Crippen LogP contribution in [0, 0.1) is 11.8 Å². The quantitative estimate of drug-likeness (QED) is 0.598. The first-order valence-corrected chi connectivity index (χ1v) is 5.06. The zero-order chi connectivity index (χ0) is 10.2. The van der Waals surface area contributed by atoms with Crippen LogP contribution in [-0.2, 0) is 0 Å². The molecule has 0 aliphatic rings. The van der Waals surface area contributed by atoms with Crippen LogP contribution in [0.3, 0.4) is 0 Å². The monoisotopic (exact) mass is 208 g/mol. The van der Waals surface area contributed by atoms with E-state index in [1.807, 2.05) is 24.3 Å². The molecule has 0 aliphatic carbocycles. The van der Waals surface area contributed by atoms with Crippen molar-refractivity contribution in [3.63, 3.8) is 0 Å². The second-order valence-corrected chi connectivity index (χ2v) is 3.43. The van der Waals surface area contributed by atoms with Gasteiger partial charge in [0.1, 0.15) is 0 Å². The molecule has 0 saturated heterocycles. The number of aliphatic hydroxyl groups excluding tert-OH is 1. The molecule has 0 fully saturated rings. The van der Waals surface area contributed by atoms with Crippen molar-refractivity contribution < 1.29 is 5.11 Å². The van der Waals surface area contributed by atoms with Gasteiger partial charge >= 0.3 is 0 Å². The number of aliphatic hydroxyl groups is 1. The topological polar surface area (TPSA) is 20.2 Å². The molecule has 0 heterocycles. The fraction of sp³-hybridized carbons (Fsp3) is 0.333. The van der Waals surface area contributed by atoms with Crippen LogP contribution in [0.1, 0.15) is 24.8 Å². The van der Waals surface area contributed by atoms with E-state index in [9.17, 15) is 0 Å². The fourth-order valence-electron chi connectivity index (χ4n) is 1.02. The maximum absolute atomic E-state index is 8.55. The maximum atomic E-state index is 8.55. The minimum atomic E-state index is 0.253. The summed E-state index contributed by atoms with van der Waals surface area (Å²) in [4.78, 5) is 0. The minimum Gasteiger partial charge on any atom is -0.396 e. The van der Waals surface area contributed by atoms with E-state index in [2.05, 4.69) is 11.8 Å². The normalized spacial score (nSPS) is 9.29. The van der Waals surface area contributed by atoms with Crippen LogP contribution < -0.4 is 0 Å². The van der Waals surface area contributed by atoms with Crippen LogP contribution in [0.5, 0.6) is 0 Å². The van der Waals surface area contributed by atoms with Crippen molar-refractivity contribution >= 4 is 11.6 Å². The van der Waals surface area contributed by atoms with E-state index >= 15 is 0 Å². The lowest BCUT2D eigenvalue weighted by atomic mass is 10.2. The lowest BCUT2D eigenvalue weighted by Gasteiger charge is -1.91. The van der Waals surface area contributed by atoms with E-state index in [-0.39, 0.29) is 6.61 Å². The van der Waals surface area contributed by atoms with Gasteiger partial charge in [0.2, 0.25) is 0 Å². The number of unbranched alkanes of at least 4 members (excludes halogenated alkanes) is 2. The highest BCUT2D eigenvalue weighted by molar-refractivity contribution is 6.30. The van der Waals surface area contributed by atoms with Gasteiger partial charge in [0, 0.05) is 23.6 Å². The van der Waals surface area contributed by atoms with Gasteiger partial charge < -0.3 is 5.11 Å². The number of benzene rings is 1. The van der Waals surface area contributed by atoms with E-state index in [0.717, 1.165) is 29.8 Å². The molecule has 0 atom stereocenters. The molecular weight excluding hydrogens is 196 g/mol. The Labute approximate surface area is 89.7 Å². The van der Waals surface area contributed by atoms with E-state index < -0.39 is 0 Å². The van der Waals surface area contributed by atoms with Gasteiger partial charge in [-0.2, -0.15) is 0 Å². The molecular formula is C12H13ClO. The van der Waals surface area contributed by atoms with Crippen molar-refractivity contribution in [1.29, 1.82) is 0 Å². The summed E-state index contributed by atoms with van der Waals surface area (Å²) in [5, 5.41) is 9.28. The summed E-state index contributed by atoms with van der Waals surface area (Å²) >= 11 is 5.74. The lowest BCUT2D eigenvalue weighted by molar-refractivity contribution is 0.285. The van der Waals surface area contributed by atoms with Crippen LogP contribution in [0.4, 0.5) is 0 Å². The largest absolute Gasteiger partial charge is 0.396 e. The summed E-state index contributed by atoms with van der Waals surface area (Å²) in [7, 11) is 0. The third kappa shape index (κ3) is 4.32. The third-order valence-electron chi connectivity index (χ3n) is 1.79. The Balaban J connectivity index is 2.39. The zero-order valence-corrected chi connectivity index (χ0v) is 8.72. The molecule has 1 aromatic carbocycles. The van der Waals surface area contributed by atoms with Gasteiger partial charge in [-0.25, -0.2) is 0 Å². The molecule has 14 heavy (non-hydrogen) atoms. The molecule has 0 bridgehead atoms. The second kappa shape index (κ2) is 6.48. The smallest absolute Gasteiger partial charge is 0.0431 e. The molecule has 1 aromatic rings. The molecule has 0 unspecified atom stereocenters. The first-order chi connectivity index (χ1) is 6.83. The molecule has 0 radical (unpaired) electrons. The van der Waals surface area contributed by atoms with Gasteiger partial charge in [-0.15, -0.1) is 0 Å². The molecule has 1 rings (SSSR count). The Kier molecular flexibility index (Phi) is 5.14. The first-order valence-electron chi connectivity index (χ1n) is 4.68. The fourth-order valence-corrected chi connectivity index (χ4v) is 1.15. The van der Waals surface area contributed by atoms with Gasteiger partial charge in [0.05, 0.1) is 0 Å². The standard InChI is InChI=1S/C12H13ClO/c13-12-8-6-11(7-9-12)5-3-1-2-4-10-14/h6-9,14H,1-2,4,10H2. The Morgan fingerprint density at radius 1 is 1.14 bits per heavy atom. The predicted molar refractivity (Wildman–Crippen MR) is 59.3 cm³/mol. The third-order valence-corrected chi connectivity index (χ3v) is 2.04. The van der Waals surface area contributed by atoms with Crippen molar-refractivity contribution in [2.24, 2.45) is 0 Å². The van der Waals surface area contributed by atoms with Gasteiger partial charge in [-0.05, 0) is 37.1 Å². The highest BCUT2D eigenvalue weighted by atomic mass is 35.5. The van der Waals surface area contributed by atoms with Crippen LogP contribution in [0.15, 0.2) is 24.3 Å². The summed E-state index contributed by atoms with van der Waals surface area (Å²) in [6.07, 6.45) is 2.62. The highest BCUT2D eigenvalue weighted by Gasteiger charge is 1.87. The molecule has 74 valence electrons. The number of halogens is 1. The summed E-state index contributed by atoms with van der Waals surface area (Å²) in [5.41, 5.74) is 0.985. The van der Waals surface area contributed by atoms with Crippen molar-refractivity contribution in [2.75, 3.05) is 6.61 Å². The maximum Gasteiger partial charge on any atom is 0.0431 e. The van der Waals surface area contributed by atoms with Gasteiger partial charge in [0.15, 0.2) is 0 Å². The van der Waals surface area contributed by atoms with Gasteiger partial charge in [-0.1, -0.05) is 23.4 Å². The molecule has 1 N–H and O–H groups in total. The number of hydrogen-bond donors (Lipinski definition) is 1. The molecule has 0 aliphatic heterocycles. The van der Waals surface area contributed by atoms with Crippen LogP contribution in [-0.4, -0.2) is 11.7 Å². The predicted octanol–water partition coefficient (Wildman–Crippen LogP) is 2.85. The second-order valence-electron chi connectivity index (χ2n) is 2.99. The van der Waals surface area contributed by atoms with E-state index in [1.165, 1.54) is 0 Å². The summed E-state index contributed by atoms with van der Waals surface area (Å²) in [6, 6.07) is 7.47. The van der Waals surface area contributed by atoms with Crippen LogP contribution >= 0.6 is 11.6 Å².